The second-order valence-corrected chi connectivity index (χ2v) is 10.3. The summed E-state index contributed by atoms with van der Waals surface area (Å²) in [6.07, 6.45) is 3.11. The third-order valence-electron chi connectivity index (χ3n) is 5.44. The molecule has 4 aromatic rings. The fourth-order valence-corrected chi connectivity index (χ4v) is 5.68. The van der Waals surface area contributed by atoms with Gasteiger partial charge in [-0.3, -0.25) is 19.5 Å². The number of rotatable bonds is 6. The highest BCUT2D eigenvalue weighted by Gasteiger charge is 2.48. The predicted molar refractivity (Wildman–Crippen MR) is 136 cm³/mol. The molecule has 1 fully saturated rings. The van der Waals surface area contributed by atoms with E-state index in [1.54, 1.807) is 54.7 Å². The van der Waals surface area contributed by atoms with Crippen LogP contribution in [0.1, 0.15) is 22.7 Å². The summed E-state index contributed by atoms with van der Waals surface area (Å²) in [5.74, 6) is -1.78. The Balaban J connectivity index is 1.51. The number of amides is 1. The third-order valence-corrected chi connectivity index (χ3v) is 7.82. The van der Waals surface area contributed by atoms with E-state index in [9.17, 15) is 19.1 Å². The van der Waals surface area contributed by atoms with Crippen LogP contribution in [-0.4, -0.2) is 32.0 Å². The largest absolute Gasteiger partial charge is 0.507 e. The van der Waals surface area contributed by atoms with Crippen LogP contribution >= 0.6 is 34.7 Å². The quantitative estimate of drug-likeness (QED) is 0.111. The molecule has 1 amide bonds. The molecule has 1 aliphatic heterocycles. The lowest BCUT2D eigenvalue weighted by Gasteiger charge is -2.22. The minimum atomic E-state index is -0.947. The summed E-state index contributed by atoms with van der Waals surface area (Å²) >= 11 is 8.48. The van der Waals surface area contributed by atoms with Gasteiger partial charge in [-0.15, -0.1) is 10.2 Å². The smallest absolute Gasteiger partial charge is 0.301 e. The highest BCUT2D eigenvalue weighted by atomic mass is 35.5. The summed E-state index contributed by atoms with van der Waals surface area (Å²) in [7, 11) is 0. The number of aliphatic hydroxyl groups excluding tert-OH is 1. The minimum Gasteiger partial charge on any atom is -0.507 e. The number of ketones is 1. The zero-order valence-corrected chi connectivity index (χ0v) is 20.7. The number of carbonyl (C=O) groups is 2. The van der Waals surface area contributed by atoms with Crippen LogP contribution in [0.5, 0.6) is 0 Å². The number of aromatic nitrogens is 3. The molecule has 1 unspecified atom stereocenters. The molecule has 1 N–H and O–H groups in total. The summed E-state index contributed by atoms with van der Waals surface area (Å²) in [5.41, 5.74) is 1.70. The van der Waals surface area contributed by atoms with Crippen LogP contribution in [0.3, 0.4) is 0 Å². The van der Waals surface area contributed by atoms with E-state index in [4.69, 9.17) is 11.6 Å². The number of anilines is 1. The van der Waals surface area contributed by atoms with E-state index in [2.05, 4.69) is 15.2 Å². The lowest BCUT2D eigenvalue weighted by molar-refractivity contribution is -0.132. The second-order valence-electron chi connectivity index (χ2n) is 7.73. The SMILES string of the molecule is O=C1C(=O)N(c2nnc(SCc3ccc(F)cc3)s2)C(c2cccnc2)/C1=C(/O)c1ccc(Cl)cc1. The van der Waals surface area contributed by atoms with Crippen molar-refractivity contribution in [2.75, 3.05) is 4.90 Å². The molecular weight excluding hydrogens is 523 g/mol. The highest BCUT2D eigenvalue weighted by molar-refractivity contribution is 8.00. The van der Waals surface area contributed by atoms with Crippen molar-refractivity contribution in [3.63, 3.8) is 0 Å². The maximum absolute atomic E-state index is 13.2. The Morgan fingerprint density at radius 1 is 1.08 bits per heavy atom. The molecule has 0 aliphatic carbocycles. The zero-order chi connectivity index (χ0) is 25.2. The standard InChI is InChI=1S/C25H16ClFN4O3S2/c26-17-7-5-15(6-8-17)21(32)19-20(16-2-1-11-28-12-16)31(23(34)22(19)33)24-29-30-25(36-24)35-13-14-3-9-18(27)10-4-14/h1-12,20,32H,13H2/b21-19-. The van der Waals surface area contributed by atoms with Crippen molar-refractivity contribution in [1.29, 1.82) is 0 Å². The molecule has 7 nitrogen and oxygen atoms in total. The molecule has 1 atom stereocenters. The van der Waals surface area contributed by atoms with Gasteiger partial charge in [0.15, 0.2) is 4.34 Å². The first-order valence-electron chi connectivity index (χ1n) is 10.6. The van der Waals surface area contributed by atoms with Gasteiger partial charge in [0.2, 0.25) is 5.13 Å². The van der Waals surface area contributed by atoms with Gasteiger partial charge in [-0.2, -0.15) is 0 Å². The first-order valence-corrected chi connectivity index (χ1v) is 12.8. The van der Waals surface area contributed by atoms with Crippen LogP contribution in [0.4, 0.5) is 9.52 Å². The van der Waals surface area contributed by atoms with E-state index in [-0.39, 0.29) is 22.3 Å². The molecule has 1 aliphatic rings. The van der Waals surface area contributed by atoms with Crippen LogP contribution in [0.2, 0.25) is 5.02 Å². The summed E-state index contributed by atoms with van der Waals surface area (Å²) in [5, 5.41) is 20.1. The van der Waals surface area contributed by atoms with E-state index < -0.39 is 17.7 Å². The summed E-state index contributed by atoms with van der Waals surface area (Å²) in [4.78, 5) is 31.7. The van der Waals surface area contributed by atoms with Crippen molar-refractivity contribution in [2.45, 2.75) is 16.1 Å². The predicted octanol–water partition coefficient (Wildman–Crippen LogP) is 5.64. The van der Waals surface area contributed by atoms with Gasteiger partial charge in [-0.1, -0.05) is 52.9 Å². The first kappa shape index (κ1) is 24.1. The minimum absolute atomic E-state index is 0.0777. The van der Waals surface area contributed by atoms with Gasteiger partial charge in [0.25, 0.3) is 5.78 Å². The number of hydrogen-bond acceptors (Lipinski definition) is 8. The summed E-state index contributed by atoms with van der Waals surface area (Å²) < 4.78 is 13.7. The Kier molecular flexibility index (Phi) is 6.82. The molecular formula is C25H16ClFN4O3S2. The van der Waals surface area contributed by atoms with Gasteiger partial charge in [0, 0.05) is 28.7 Å². The average Bonchev–Trinajstić information content (AvgIpc) is 3.46. The van der Waals surface area contributed by atoms with Gasteiger partial charge in [0.05, 0.1) is 11.6 Å². The summed E-state index contributed by atoms with van der Waals surface area (Å²) in [6, 6.07) is 14.9. The summed E-state index contributed by atoms with van der Waals surface area (Å²) in [6.45, 7) is 0. The Morgan fingerprint density at radius 3 is 2.53 bits per heavy atom. The van der Waals surface area contributed by atoms with Crippen LogP contribution in [-0.2, 0) is 15.3 Å². The normalized spacial score (nSPS) is 17.1. The molecule has 1 saturated heterocycles. The number of halogens is 2. The maximum atomic E-state index is 13.2. The Morgan fingerprint density at radius 2 is 1.83 bits per heavy atom. The molecule has 5 rings (SSSR count). The second kappa shape index (κ2) is 10.2. The number of aliphatic hydroxyl groups is 1. The Hall–Kier alpha value is -3.60. The van der Waals surface area contributed by atoms with Gasteiger partial charge < -0.3 is 5.11 Å². The average molecular weight is 539 g/mol. The van der Waals surface area contributed by atoms with Crippen molar-refractivity contribution in [2.24, 2.45) is 0 Å². The Bertz CT molecular complexity index is 1460. The van der Waals surface area contributed by atoms with Gasteiger partial charge in [-0.05, 0) is 53.6 Å². The molecule has 11 heteroatoms. The number of pyridine rings is 1. The molecule has 180 valence electrons. The van der Waals surface area contributed by atoms with Crippen molar-refractivity contribution in [3.05, 3.63) is 106 Å². The zero-order valence-electron chi connectivity index (χ0n) is 18.3. The Labute approximate surface area is 218 Å². The lowest BCUT2D eigenvalue weighted by Crippen LogP contribution is -2.29. The number of benzene rings is 2. The van der Waals surface area contributed by atoms with E-state index in [0.717, 1.165) is 16.9 Å². The molecule has 0 bridgehead atoms. The topological polar surface area (TPSA) is 96.3 Å². The van der Waals surface area contributed by atoms with Gasteiger partial charge in [0.1, 0.15) is 11.6 Å². The molecule has 2 aromatic carbocycles. The number of Topliss-reactive ketones (excluding diaryl/α,β-unsaturated/α-hetero) is 1. The van der Waals surface area contributed by atoms with Crippen LogP contribution in [0.15, 0.2) is 83.0 Å². The van der Waals surface area contributed by atoms with Gasteiger partial charge in [-0.25, -0.2) is 4.39 Å². The maximum Gasteiger partial charge on any atom is 0.301 e. The fraction of sp³-hybridized carbons (Fsp3) is 0.0800. The van der Waals surface area contributed by atoms with Crippen LogP contribution in [0, 0.1) is 5.82 Å². The number of thioether (sulfide) groups is 1. The van der Waals surface area contributed by atoms with Gasteiger partial charge >= 0.3 is 5.91 Å². The van der Waals surface area contributed by atoms with Crippen molar-refractivity contribution in [3.8, 4) is 0 Å². The van der Waals surface area contributed by atoms with E-state index in [1.807, 2.05) is 0 Å². The van der Waals surface area contributed by atoms with Crippen molar-refractivity contribution >= 4 is 57.3 Å². The molecule has 0 spiro atoms. The fourth-order valence-electron chi connectivity index (χ4n) is 3.73. The molecule has 2 aromatic heterocycles. The first-order chi connectivity index (χ1) is 17.4. The third kappa shape index (κ3) is 4.75. The van der Waals surface area contributed by atoms with E-state index in [0.29, 0.717) is 26.2 Å². The van der Waals surface area contributed by atoms with Crippen LogP contribution in [0.25, 0.3) is 5.76 Å². The number of hydrogen-bond donors (Lipinski definition) is 1. The number of carbonyl (C=O) groups excluding carboxylic acids is 2. The van der Waals surface area contributed by atoms with Crippen LogP contribution < -0.4 is 4.90 Å². The van der Waals surface area contributed by atoms with E-state index in [1.165, 1.54) is 35.0 Å². The molecule has 36 heavy (non-hydrogen) atoms. The monoisotopic (exact) mass is 538 g/mol. The van der Waals surface area contributed by atoms with E-state index >= 15 is 0 Å². The number of nitrogens with zero attached hydrogens (tertiary/aromatic N) is 4. The van der Waals surface area contributed by atoms with Crippen molar-refractivity contribution in [1.82, 2.24) is 15.2 Å². The van der Waals surface area contributed by atoms with Crippen molar-refractivity contribution < 1.29 is 19.1 Å². The lowest BCUT2D eigenvalue weighted by atomic mass is 9.96. The highest BCUT2D eigenvalue weighted by Crippen LogP contribution is 2.43. The molecule has 3 heterocycles. The molecule has 0 radical (unpaired) electrons. The molecule has 0 saturated carbocycles.